The highest BCUT2D eigenvalue weighted by atomic mass is 31.3. The molecule has 0 saturated carbocycles. The second kappa shape index (κ2) is 22.8. The molecule has 0 aromatic carbocycles. The van der Waals surface area contributed by atoms with Gasteiger partial charge in [-0.3, -0.25) is 0 Å². The van der Waals surface area contributed by atoms with Crippen molar-refractivity contribution in [2.75, 3.05) is 19.8 Å². The number of hydrogen-bond acceptors (Lipinski definition) is 7. The number of phosphoric acid groups is 2. The van der Waals surface area contributed by atoms with Crippen molar-refractivity contribution >= 4 is 15.6 Å². The zero-order valence-electron chi connectivity index (χ0n) is 23.5. The quantitative estimate of drug-likeness (QED) is 0.0555. The lowest BCUT2D eigenvalue weighted by atomic mass is 9.68. The van der Waals surface area contributed by atoms with Crippen molar-refractivity contribution in [3.05, 3.63) is 0 Å². The van der Waals surface area contributed by atoms with Gasteiger partial charge in [0.15, 0.2) is 0 Å². The van der Waals surface area contributed by atoms with E-state index in [2.05, 4.69) is 18.2 Å². The number of aliphatic hydroxyl groups excluding tert-OH is 3. The highest BCUT2D eigenvalue weighted by Crippen LogP contribution is 2.53. The number of rotatable bonds is 24. The molecule has 0 spiro atoms. The molecular weight excluding hydrogens is 538 g/mol. The van der Waals surface area contributed by atoms with Crippen LogP contribution in [0, 0.1) is 5.41 Å². The molecule has 0 fully saturated rings. The Morgan fingerprint density at radius 1 is 0.526 bits per heavy atom. The van der Waals surface area contributed by atoms with Crippen LogP contribution < -0.4 is 0 Å². The van der Waals surface area contributed by atoms with Crippen LogP contribution in [0.3, 0.4) is 0 Å². The molecule has 0 atom stereocenters. The molecule has 0 unspecified atom stereocenters. The molecule has 13 heteroatoms. The van der Waals surface area contributed by atoms with E-state index in [1.54, 1.807) is 0 Å². The topological polar surface area (TPSA) is 205 Å². The van der Waals surface area contributed by atoms with Crippen LogP contribution in [0.2, 0.25) is 0 Å². The minimum Gasteiger partial charge on any atom is -0.395 e. The Kier molecular flexibility index (Phi) is 24.1. The maximum absolute atomic E-state index is 11.4. The minimum atomic E-state index is -5.05. The summed E-state index contributed by atoms with van der Waals surface area (Å²) in [4.78, 5) is 31.0. The van der Waals surface area contributed by atoms with Gasteiger partial charge in [-0.15, -0.1) is 0 Å². The van der Waals surface area contributed by atoms with Gasteiger partial charge >= 0.3 is 15.6 Å². The molecule has 0 rings (SSSR count). The van der Waals surface area contributed by atoms with Crippen LogP contribution in [0.15, 0.2) is 0 Å². The summed E-state index contributed by atoms with van der Waals surface area (Å²) < 4.78 is 22.2. The molecule has 0 aromatic heterocycles. The molecule has 0 aromatic rings. The Balaban J connectivity index is 0. The fourth-order valence-corrected chi connectivity index (χ4v) is 5.60. The van der Waals surface area contributed by atoms with Crippen LogP contribution in [-0.4, -0.2) is 65.4 Å². The Bertz CT molecular complexity index is 585. The Labute approximate surface area is 229 Å². The summed E-state index contributed by atoms with van der Waals surface area (Å²) in [5, 5.41) is 41.0. The molecular formula is C25H56O11P2. The van der Waals surface area contributed by atoms with E-state index >= 15 is 0 Å². The van der Waals surface area contributed by atoms with Crippen LogP contribution >= 0.6 is 15.6 Å². The van der Waals surface area contributed by atoms with Gasteiger partial charge in [0, 0.05) is 0 Å². The Hall–Kier alpha value is 0.100. The van der Waals surface area contributed by atoms with Crippen molar-refractivity contribution in [2.45, 2.75) is 135 Å². The van der Waals surface area contributed by atoms with E-state index in [1.165, 1.54) is 77.0 Å². The van der Waals surface area contributed by atoms with Gasteiger partial charge in [-0.05, 0) is 12.8 Å². The van der Waals surface area contributed by atoms with Gasteiger partial charge < -0.3 is 40.0 Å². The smallest absolute Gasteiger partial charge is 0.395 e. The van der Waals surface area contributed by atoms with Gasteiger partial charge in [0.1, 0.15) is 0 Å². The average Bonchev–Trinajstić information content (AvgIpc) is 2.82. The zero-order valence-corrected chi connectivity index (χ0v) is 25.3. The van der Waals surface area contributed by atoms with Crippen LogP contribution in [0.1, 0.15) is 129 Å². The van der Waals surface area contributed by atoms with E-state index in [0.717, 1.165) is 25.7 Å². The summed E-state index contributed by atoms with van der Waals surface area (Å²) in [6.07, 6.45) is 20.1. The predicted octanol–water partition coefficient (Wildman–Crippen LogP) is 4.93. The van der Waals surface area contributed by atoms with Crippen molar-refractivity contribution < 1.29 is 53.4 Å². The molecule has 11 nitrogen and oxygen atoms in total. The highest BCUT2D eigenvalue weighted by Gasteiger charge is 2.48. The summed E-state index contributed by atoms with van der Waals surface area (Å²) in [5.74, 6) is 0. The van der Waals surface area contributed by atoms with Crippen molar-refractivity contribution in [2.24, 2.45) is 5.41 Å². The second-order valence-corrected chi connectivity index (χ2v) is 12.9. The Morgan fingerprint density at radius 3 is 1.00 bits per heavy atom. The van der Waals surface area contributed by atoms with Crippen LogP contribution in [0.4, 0.5) is 0 Å². The summed E-state index contributed by atoms with van der Waals surface area (Å²) in [7, 11) is -10.1. The van der Waals surface area contributed by atoms with Gasteiger partial charge in [0.2, 0.25) is 0 Å². The number of aliphatic hydroxyl groups is 4. The van der Waals surface area contributed by atoms with Crippen molar-refractivity contribution in [3.8, 4) is 0 Å². The number of hydrogen-bond donors (Lipinski definition) is 8. The van der Waals surface area contributed by atoms with Crippen molar-refractivity contribution in [1.82, 2.24) is 0 Å². The maximum Gasteiger partial charge on any atom is 0.478 e. The Morgan fingerprint density at radius 2 is 0.789 bits per heavy atom. The molecule has 38 heavy (non-hydrogen) atoms. The third-order valence-electron chi connectivity index (χ3n) is 7.00. The predicted molar refractivity (Wildman–Crippen MR) is 148 cm³/mol. The van der Waals surface area contributed by atoms with E-state index in [9.17, 15) is 29.6 Å². The maximum atomic E-state index is 11.4. The molecule has 0 aliphatic heterocycles. The molecule has 0 aliphatic rings. The number of unbranched alkanes of at least 4 members (excludes halogenated alkanes) is 14. The highest BCUT2D eigenvalue weighted by molar-refractivity contribution is 7.60. The van der Waals surface area contributed by atoms with E-state index in [4.69, 9.17) is 19.6 Å². The minimum absolute atomic E-state index is 0.384. The van der Waals surface area contributed by atoms with Crippen LogP contribution in [0.25, 0.3) is 0 Å². The first-order valence-corrected chi connectivity index (χ1v) is 17.2. The zero-order chi connectivity index (χ0) is 29.6. The third-order valence-corrected chi connectivity index (χ3v) is 8.70. The van der Waals surface area contributed by atoms with Gasteiger partial charge in [-0.1, -0.05) is 117 Å². The summed E-state index contributed by atoms with van der Waals surface area (Å²) >= 11 is 0. The molecule has 0 saturated heterocycles. The normalized spacial score (nSPS) is 12.9. The van der Waals surface area contributed by atoms with Crippen LogP contribution in [0.5, 0.6) is 0 Å². The van der Waals surface area contributed by atoms with E-state index in [0.29, 0.717) is 12.8 Å². The molecule has 0 radical (unpaired) electrons. The molecule has 0 amide bonds. The standard InChI is InChI=1S/C25H52O4.H4O7P2/c1-3-5-7-9-11-13-15-17-19-25(29,24(21-26,22-27)23-28)20-18-16-14-12-10-8-6-4-2;1-8(2,3)7-9(4,5)6/h26-29H,3-23H2,1-2H3;(H2,1,2,3)(H2,4,5,6). The summed E-state index contributed by atoms with van der Waals surface area (Å²) in [6, 6.07) is 0. The first kappa shape index (κ1) is 40.2. The monoisotopic (exact) mass is 594 g/mol. The molecule has 0 heterocycles. The first-order valence-electron chi connectivity index (χ1n) is 14.1. The van der Waals surface area contributed by atoms with Crippen molar-refractivity contribution in [1.29, 1.82) is 0 Å². The fraction of sp³-hybridized carbons (Fsp3) is 1.00. The van der Waals surface area contributed by atoms with Gasteiger partial charge in [0.25, 0.3) is 0 Å². The molecule has 8 N–H and O–H groups in total. The second-order valence-electron chi connectivity index (χ2n) is 10.3. The van der Waals surface area contributed by atoms with Gasteiger partial charge in [-0.2, -0.15) is 4.31 Å². The van der Waals surface area contributed by atoms with Gasteiger partial charge in [-0.25, -0.2) is 9.13 Å². The molecule has 0 bridgehead atoms. The summed E-state index contributed by atoms with van der Waals surface area (Å²) in [5.41, 5.74) is -2.41. The lowest BCUT2D eigenvalue weighted by Gasteiger charge is -2.44. The average molecular weight is 595 g/mol. The summed E-state index contributed by atoms with van der Waals surface area (Å²) in [6.45, 7) is 3.30. The SMILES string of the molecule is CCCCCCCCCCC(O)(CCCCCCCCCC)C(CO)(CO)CO.O=P(O)(O)OP(=O)(O)O. The van der Waals surface area contributed by atoms with E-state index in [1.807, 2.05) is 0 Å². The fourth-order valence-electron chi connectivity index (χ4n) is 4.49. The third kappa shape index (κ3) is 20.9. The molecule has 0 aliphatic carbocycles. The molecule has 232 valence electrons. The lowest BCUT2D eigenvalue weighted by Crippen LogP contribution is -2.55. The largest absolute Gasteiger partial charge is 0.478 e. The first-order chi connectivity index (χ1) is 17.8. The van der Waals surface area contributed by atoms with Gasteiger partial charge in [0.05, 0.1) is 30.8 Å². The van der Waals surface area contributed by atoms with Crippen molar-refractivity contribution in [3.63, 3.8) is 0 Å². The van der Waals surface area contributed by atoms with Crippen LogP contribution in [-0.2, 0) is 13.4 Å². The lowest BCUT2D eigenvalue weighted by molar-refractivity contribution is -0.162. The van der Waals surface area contributed by atoms with E-state index in [-0.39, 0.29) is 19.8 Å². The van der Waals surface area contributed by atoms with E-state index < -0.39 is 26.7 Å².